The van der Waals surface area contributed by atoms with Crippen LogP contribution in [0, 0.1) is 12.8 Å². The molecule has 0 bridgehead atoms. The highest BCUT2D eigenvalue weighted by Gasteiger charge is 2.51. The van der Waals surface area contributed by atoms with Crippen LogP contribution in [0.1, 0.15) is 51.8 Å². The number of ether oxygens (including phenoxy) is 1. The highest BCUT2D eigenvalue weighted by Crippen LogP contribution is 2.43. The fourth-order valence-electron chi connectivity index (χ4n) is 4.11. The van der Waals surface area contributed by atoms with Crippen LogP contribution in [0.4, 0.5) is 0 Å². The lowest BCUT2D eigenvalue weighted by atomic mass is 9.89. The Morgan fingerprint density at radius 2 is 2.00 bits per heavy atom. The Hall–Kier alpha value is -2.82. The molecule has 1 aliphatic heterocycles. The second kappa shape index (κ2) is 8.44. The maximum atomic E-state index is 12.9. The Balaban J connectivity index is 1.40. The van der Waals surface area contributed by atoms with E-state index in [9.17, 15) is 18.3 Å². The number of aryl methyl sites for hydroxylation is 1. The zero-order valence-corrected chi connectivity index (χ0v) is 20.4. The van der Waals surface area contributed by atoms with Crippen LogP contribution in [0.5, 0.6) is 5.75 Å². The molecule has 0 radical (unpaired) electrons. The van der Waals surface area contributed by atoms with Crippen LogP contribution in [0.2, 0.25) is 0 Å². The standard InChI is InChI=1S/C24H25N3O5S2/c1-14-25-26-21(33-14)12-16-13-32-20-11-15(7-8-19(20)22(16)28)17-5-3-4-6-18(17)23(29)27-34(30,31)24(2)9-10-24/h3-8,11,16,22,28H,9-10,12-13H2,1-2H3,(H,27,29)/t16-,22+/m0/s1. The number of amides is 1. The van der Waals surface area contributed by atoms with Gasteiger partial charge in [0.25, 0.3) is 5.91 Å². The Kier molecular flexibility index (Phi) is 5.70. The van der Waals surface area contributed by atoms with Gasteiger partial charge >= 0.3 is 0 Å². The van der Waals surface area contributed by atoms with Gasteiger partial charge in [-0.15, -0.1) is 21.5 Å². The van der Waals surface area contributed by atoms with Crippen molar-refractivity contribution >= 4 is 27.3 Å². The van der Waals surface area contributed by atoms with E-state index >= 15 is 0 Å². The van der Waals surface area contributed by atoms with Crippen LogP contribution in [-0.2, 0) is 16.4 Å². The summed E-state index contributed by atoms with van der Waals surface area (Å²) in [6, 6.07) is 12.2. The molecule has 1 aromatic heterocycles. The van der Waals surface area contributed by atoms with Gasteiger partial charge in [-0.3, -0.25) is 4.79 Å². The molecule has 5 rings (SSSR count). The predicted molar refractivity (Wildman–Crippen MR) is 128 cm³/mol. The first kappa shape index (κ1) is 22.9. The van der Waals surface area contributed by atoms with Gasteiger partial charge in [0.1, 0.15) is 15.8 Å². The van der Waals surface area contributed by atoms with Gasteiger partial charge in [-0.05, 0) is 49.9 Å². The minimum absolute atomic E-state index is 0.141. The van der Waals surface area contributed by atoms with E-state index in [1.165, 1.54) is 11.3 Å². The highest BCUT2D eigenvalue weighted by molar-refractivity contribution is 7.91. The number of hydrogen-bond donors (Lipinski definition) is 2. The minimum atomic E-state index is -3.75. The number of benzene rings is 2. The third-order valence-electron chi connectivity index (χ3n) is 6.55. The van der Waals surface area contributed by atoms with Crippen molar-refractivity contribution in [3.8, 4) is 16.9 Å². The molecule has 8 nitrogen and oxygen atoms in total. The molecular weight excluding hydrogens is 474 g/mol. The summed E-state index contributed by atoms with van der Waals surface area (Å²) in [5.74, 6) is -0.254. The van der Waals surface area contributed by atoms with Crippen LogP contribution in [0.25, 0.3) is 11.1 Å². The summed E-state index contributed by atoms with van der Waals surface area (Å²) in [5.41, 5.74) is 2.22. The van der Waals surface area contributed by atoms with Gasteiger partial charge in [0.15, 0.2) is 0 Å². The topological polar surface area (TPSA) is 118 Å². The second-order valence-corrected chi connectivity index (χ2v) is 12.6. The summed E-state index contributed by atoms with van der Waals surface area (Å²) >= 11 is 1.51. The minimum Gasteiger partial charge on any atom is -0.493 e. The van der Waals surface area contributed by atoms with E-state index in [0.29, 0.717) is 48.3 Å². The van der Waals surface area contributed by atoms with E-state index in [4.69, 9.17) is 4.74 Å². The van der Waals surface area contributed by atoms with Gasteiger partial charge in [-0.1, -0.05) is 30.3 Å². The third kappa shape index (κ3) is 4.21. The first-order valence-corrected chi connectivity index (χ1v) is 13.4. The van der Waals surface area contributed by atoms with E-state index in [0.717, 1.165) is 10.0 Å². The number of rotatable bonds is 6. The summed E-state index contributed by atoms with van der Waals surface area (Å²) < 4.78 is 32.4. The van der Waals surface area contributed by atoms with Crippen molar-refractivity contribution in [2.45, 2.75) is 44.0 Å². The lowest BCUT2D eigenvalue weighted by Gasteiger charge is -2.30. The molecule has 0 unspecified atom stereocenters. The first-order valence-electron chi connectivity index (χ1n) is 11.1. The van der Waals surface area contributed by atoms with Gasteiger partial charge in [-0.2, -0.15) is 0 Å². The smallest absolute Gasteiger partial charge is 0.265 e. The molecule has 2 heterocycles. The second-order valence-electron chi connectivity index (χ2n) is 9.12. The Bertz CT molecular complexity index is 1360. The summed E-state index contributed by atoms with van der Waals surface area (Å²) in [6.07, 6.45) is 0.942. The number of nitrogens with zero attached hydrogens (tertiary/aromatic N) is 2. The molecule has 2 aromatic carbocycles. The molecule has 0 saturated heterocycles. The predicted octanol–water partition coefficient (Wildman–Crippen LogP) is 3.41. The molecule has 3 aromatic rings. The molecule has 10 heteroatoms. The fraction of sp³-hybridized carbons (Fsp3) is 0.375. The molecular formula is C24H25N3O5S2. The average molecular weight is 500 g/mol. The maximum absolute atomic E-state index is 12.9. The van der Waals surface area contributed by atoms with Crippen LogP contribution in [0.3, 0.4) is 0 Å². The van der Waals surface area contributed by atoms with E-state index in [2.05, 4.69) is 14.9 Å². The summed E-state index contributed by atoms with van der Waals surface area (Å²) in [6.45, 7) is 3.86. The molecule has 2 atom stereocenters. The number of fused-ring (bicyclic) bond motifs is 1. The van der Waals surface area contributed by atoms with Crippen LogP contribution < -0.4 is 9.46 Å². The summed E-state index contributed by atoms with van der Waals surface area (Å²) in [4.78, 5) is 12.9. The molecule has 2 N–H and O–H groups in total. The number of carbonyl (C=O) groups is 1. The van der Waals surface area contributed by atoms with E-state index < -0.39 is 26.8 Å². The van der Waals surface area contributed by atoms with Crippen molar-refractivity contribution in [2.75, 3.05) is 6.61 Å². The Morgan fingerprint density at radius 3 is 2.71 bits per heavy atom. The number of aliphatic hydroxyl groups is 1. The number of hydrogen-bond acceptors (Lipinski definition) is 8. The van der Waals surface area contributed by atoms with Crippen molar-refractivity contribution in [1.29, 1.82) is 0 Å². The zero-order valence-electron chi connectivity index (χ0n) is 18.8. The molecule has 1 aliphatic carbocycles. The number of nitrogens with one attached hydrogen (secondary N) is 1. The largest absolute Gasteiger partial charge is 0.493 e. The van der Waals surface area contributed by atoms with E-state index in [1.54, 1.807) is 43.3 Å². The van der Waals surface area contributed by atoms with Crippen molar-refractivity contribution in [1.82, 2.24) is 14.9 Å². The van der Waals surface area contributed by atoms with Gasteiger partial charge < -0.3 is 9.84 Å². The van der Waals surface area contributed by atoms with E-state index in [1.807, 2.05) is 13.0 Å². The lowest BCUT2D eigenvalue weighted by Crippen LogP contribution is -2.38. The van der Waals surface area contributed by atoms with E-state index in [-0.39, 0.29) is 11.5 Å². The first-order chi connectivity index (χ1) is 16.2. The van der Waals surface area contributed by atoms with Gasteiger partial charge in [0.05, 0.1) is 17.5 Å². The van der Waals surface area contributed by atoms with Gasteiger partial charge in [0, 0.05) is 23.5 Å². The molecule has 1 fully saturated rings. The number of aromatic nitrogens is 2. The Morgan fingerprint density at radius 1 is 1.24 bits per heavy atom. The summed E-state index contributed by atoms with van der Waals surface area (Å²) in [5, 5.41) is 20.9. The lowest BCUT2D eigenvalue weighted by molar-refractivity contribution is 0.0507. The fourth-order valence-corrected chi connectivity index (χ4v) is 6.15. The number of carbonyl (C=O) groups excluding carboxylic acids is 1. The molecule has 178 valence electrons. The normalized spacial score (nSPS) is 20.8. The third-order valence-corrected chi connectivity index (χ3v) is 9.57. The van der Waals surface area contributed by atoms with Gasteiger partial charge in [0.2, 0.25) is 10.0 Å². The van der Waals surface area contributed by atoms with Crippen LogP contribution in [-0.4, -0.2) is 41.0 Å². The van der Waals surface area contributed by atoms with Crippen molar-refractivity contribution in [3.05, 3.63) is 63.6 Å². The molecule has 0 spiro atoms. The average Bonchev–Trinajstić information content (AvgIpc) is 3.45. The SMILES string of the molecule is Cc1nnc(C[C@H]2COc3cc(-c4ccccc4C(=O)NS(=O)(=O)C4(C)CC4)ccc3[C@@H]2O)s1. The van der Waals surface area contributed by atoms with Crippen LogP contribution >= 0.6 is 11.3 Å². The number of aliphatic hydroxyl groups excluding tert-OH is 1. The molecule has 34 heavy (non-hydrogen) atoms. The van der Waals surface area contributed by atoms with Crippen molar-refractivity contribution in [2.24, 2.45) is 5.92 Å². The quantitative estimate of drug-likeness (QED) is 0.533. The maximum Gasteiger partial charge on any atom is 0.265 e. The zero-order chi connectivity index (χ0) is 24.1. The molecule has 2 aliphatic rings. The highest BCUT2D eigenvalue weighted by atomic mass is 32.2. The van der Waals surface area contributed by atoms with Crippen LogP contribution in [0.15, 0.2) is 42.5 Å². The summed E-state index contributed by atoms with van der Waals surface area (Å²) in [7, 11) is -3.75. The Labute approximate surface area is 202 Å². The molecule has 1 amide bonds. The monoisotopic (exact) mass is 499 g/mol. The van der Waals surface area contributed by atoms with Gasteiger partial charge in [-0.25, -0.2) is 13.1 Å². The molecule has 1 saturated carbocycles. The number of sulfonamides is 1. The van der Waals surface area contributed by atoms with Crippen molar-refractivity contribution in [3.63, 3.8) is 0 Å². The van der Waals surface area contributed by atoms with Crippen molar-refractivity contribution < 1.29 is 23.1 Å².